The fourth-order valence-corrected chi connectivity index (χ4v) is 4.25. The predicted octanol–water partition coefficient (Wildman–Crippen LogP) is 3.55. The molecule has 2 aliphatic heterocycles. The third kappa shape index (κ3) is 2.16. The number of halogens is 1. The Kier molecular flexibility index (Phi) is 3.56. The van der Waals surface area contributed by atoms with E-state index in [9.17, 15) is 0 Å². The predicted molar refractivity (Wildman–Crippen MR) is 78.7 cm³/mol. The third-order valence-electron chi connectivity index (χ3n) is 4.86. The molecule has 0 radical (unpaired) electrons. The number of fused-ring (bicyclic) bond motifs is 2. The molecule has 20 heavy (non-hydrogen) atoms. The van der Waals surface area contributed by atoms with Crippen LogP contribution in [0.2, 0.25) is 0 Å². The summed E-state index contributed by atoms with van der Waals surface area (Å²) in [5.41, 5.74) is 0.469. The number of rotatable bonds is 4. The van der Waals surface area contributed by atoms with Crippen LogP contribution in [0.4, 0.5) is 0 Å². The van der Waals surface area contributed by atoms with Crippen molar-refractivity contribution >= 4 is 11.6 Å². The second-order valence-corrected chi connectivity index (χ2v) is 7.05. The molecule has 0 aliphatic carbocycles. The van der Waals surface area contributed by atoms with E-state index in [1.807, 2.05) is 18.2 Å². The normalized spacial score (nSPS) is 39.6. The first-order chi connectivity index (χ1) is 9.46. The Morgan fingerprint density at radius 3 is 2.85 bits per heavy atom. The van der Waals surface area contributed by atoms with Crippen LogP contribution in [0.5, 0.6) is 0 Å². The van der Waals surface area contributed by atoms with Gasteiger partial charge in [-0.2, -0.15) is 0 Å². The first-order valence-electron chi connectivity index (χ1n) is 7.32. The Labute approximate surface area is 125 Å². The second kappa shape index (κ2) is 4.97. The summed E-state index contributed by atoms with van der Waals surface area (Å²) in [6.45, 7) is 7.03. The molecule has 3 rings (SSSR count). The number of pyridine rings is 1. The highest BCUT2D eigenvalue weighted by molar-refractivity contribution is 6.21. The van der Waals surface area contributed by atoms with Gasteiger partial charge in [0.25, 0.3) is 0 Å². The molecular weight excluding hydrogens is 274 g/mol. The van der Waals surface area contributed by atoms with Gasteiger partial charge in [0.2, 0.25) is 0 Å². The van der Waals surface area contributed by atoms with Crippen molar-refractivity contribution in [2.45, 2.75) is 62.9 Å². The minimum absolute atomic E-state index is 0.0854. The van der Waals surface area contributed by atoms with Gasteiger partial charge in [-0.25, -0.2) is 0 Å². The molecular formula is C16H22ClNO2. The number of alkyl halides is 1. The van der Waals surface area contributed by atoms with E-state index < -0.39 is 0 Å². The zero-order valence-corrected chi connectivity index (χ0v) is 13.1. The first kappa shape index (κ1) is 14.3. The van der Waals surface area contributed by atoms with Gasteiger partial charge in [-0.15, -0.1) is 11.6 Å². The van der Waals surface area contributed by atoms with Crippen molar-refractivity contribution in [1.29, 1.82) is 0 Å². The van der Waals surface area contributed by atoms with Gasteiger partial charge in [0.05, 0.1) is 35.0 Å². The molecule has 2 bridgehead atoms. The van der Waals surface area contributed by atoms with Crippen LogP contribution in [-0.2, 0) is 16.1 Å². The molecule has 3 nitrogen and oxygen atoms in total. The van der Waals surface area contributed by atoms with E-state index in [0.29, 0.717) is 12.5 Å². The monoisotopic (exact) mass is 295 g/mol. The molecule has 2 aliphatic rings. The lowest BCUT2D eigenvalue weighted by molar-refractivity contribution is -0.0960. The first-order valence-corrected chi connectivity index (χ1v) is 7.76. The van der Waals surface area contributed by atoms with E-state index >= 15 is 0 Å². The number of ether oxygens (including phenoxy) is 2. The zero-order chi connectivity index (χ0) is 14.4. The van der Waals surface area contributed by atoms with Crippen LogP contribution in [0.3, 0.4) is 0 Å². The smallest absolute Gasteiger partial charge is 0.0939 e. The van der Waals surface area contributed by atoms with Crippen molar-refractivity contribution in [2.24, 2.45) is 5.92 Å². The number of aromatic nitrogens is 1. The maximum atomic E-state index is 6.54. The Bertz CT molecular complexity index is 481. The molecule has 4 heteroatoms. The van der Waals surface area contributed by atoms with Gasteiger partial charge < -0.3 is 9.47 Å². The SMILES string of the molecule is CC(C)[C@]12C[C@@H](OCc3ccccn3)[C@](C)(C[C@@H]1Cl)O2. The quantitative estimate of drug-likeness (QED) is 0.796. The molecule has 0 spiro atoms. The zero-order valence-electron chi connectivity index (χ0n) is 12.3. The van der Waals surface area contributed by atoms with E-state index in [2.05, 4.69) is 25.8 Å². The summed E-state index contributed by atoms with van der Waals surface area (Å²) in [5.74, 6) is 0.398. The summed E-state index contributed by atoms with van der Waals surface area (Å²) in [6.07, 6.45) is 3.63. The standard InChI is InChI=1S/C16H22ClNO2/c1-11(2)16-9-14(15(3,20-16)8-13(16)17)19-10-12-6-4-5-7-18-12/h4-7,11,13-14H,8-10H2,1-3H3/t13-,14+,15-,16+/m0/s1. The molecule has 0 aromatic carbocycles. The van der Waals surface area contributed by atoms with Crippen molar-refractivity contribution < 1.29 is 9.47 Å². The van der Waals surface area contributed by atoms with Gasteiger partial charge in [0.15, 0.2) is 0 Å². The molecule has 1 aromatic rings. The average molecular weight is 296 g/mol. The van der Waals surface area contributed by atoms with Crippen LogP contribution in [0.25, 0.3) is 0 Å². The Morgan fingerprint density at radius 2 is 2.25 bits per heavy atom. The lowest BCUT2D eigenvalue weighted by Gasteiger charge is -2.35. The Hall–Kier alpha value is -0.640. The third-order valence-corrected chi connectivity index (χ3v) is 5.38. The van der Waals surface area contributed by atoms with Gasteiger partial charge in [-0.05, 0) is 31.4 Å². The molecule has 4 atom stereocenters. The van der Waals surface area contributed by atoms with E-state index in [0.717, 1.165) is 18.5 Å². The Morgan fingerprint density at radius 1 is 1.45 bits per heavy atom. The van der Waals surface area contributed by atoms with E-state index in [1.54, 1.807) is 6.20 Å². The van der Waals surface area contributed by atoms with Gasteiger partial charge in [-0.3, -0.25) is 4.98 Å². The summed E-state index contributed by atoms with van der Waals surface area (Å²) in [5, 5.41) is 0.0854. The van der Waals surface area contributed by atoms with Crippen LogP contribution >= 0.6 is 11.6 Å². The molecule has 1 aromatic heterocycles. The van der Waals surface area contributed by atoms with Crippen LogP contribution in [-0.4, -0.2) is 27.7 Å². The number of hydrogen-bond donors (Lipinski definition) is 0. The van der Waals surface area contributed by atoms with E-state index in [-0.39, 0.29) is 22.7 Å². The molecule has 0 N–H and O–H groups in total. The summed E-state index contributed by atoms with van der Waals surface area (Å²) < 4.78 is 12.4. The summed E-state index contributed by atoms with van der Waals surface area (Å²) in [7, 11) is 0. The molecule has 0 unspecified atom stereocenters. The largest absolute Gasteiger partial charge is 0.369 e. The van der Waals surface area contributed by atoms with Crippen molar-refractivity contribution in [3.63, 3.8) is 0 Å². The van der Waals surface area contributed by atoms with E-state index in [1.165, 1.54) is 0 Å². The van der Waals surface area contributed by atoms with Crippen LogP contribution < -0.4 is 0 Å². The minimum Gasteiger partial charge on any atom is -0.369 e. The summed E-state index contributed by atoms with van der Waals surface area (Å²) in [6, 6.07) is 5.88. The number of nitrogens with zero attached hydrogens (tertiary/aromatic N) is 1. The van der Waals surface area contributed by atoms with Gasteiger partial charge >= 0.3 is 0 Å². The topological polar surface area (TPSA) is 31.4 Å². The van der Waals surface area contributed by atoms with E-state index in [4.69, 9.17) is 21.1 Å². The second-order valence-electron chi connectivity index (χ2n) is 6.52. The van der Waals surface area contributed by atoms with Crippen LogP contribution in [0.1, 0.15) is 39.3 Å². The highest BCUT2D eigenvalue weighted by Crippen LogP contribution is 2.57. The molecule has 110 valence electrons. The Balaban J connectivity index is 1.71. The van der Waals surface area contributed by atoms with Crippen molar-refractivity contribution in [1.82, 2.24) is 4.98 Å². The minimum atomic E-state index is -0.258. The lowest BCUT2D eigenvalue weighted by Crippen LogP contribution is -2.45. The van der Waals surface area contributed by atoms with Crippen LogP contribution in [0.15, 0.2) is 24.4 Å². The molecule has 3 heterocycles. The summed E-state index contributed by atoms with van der Waals surface area (Å²) >= 11 is 6.54. The van der Waals surface area contributed by atoms with Crippen LogP contribution in [0, 0.1) is 5.92 Å². The molecule has 0 amide bonds. The van der Waals surface area contributed by atoms with Crippen molar-refractivity contribution in [2.75, 3.05) is 0 Å². The fraction of sp³-hybridized carbons (Fsp3) is 0.688. The van der Waals surface area contributed by atoms with Gasteiger partial charge in [-0.1, -0.05) is 19.9 Å². The highest BCUT2D eigenvalue weighted by Gasteiger charge is 2.65. The number of hydrogen-bond acceptors (Lipinski definition) is 3. The fourth-order valence-electron chi connectivity index (χ4n) is 3.56. The van der Waals surface area contributed by atoms with Gasteiger partial charge in [0, 0.05) is 12.6 Å². The molecule has 2 fully saturated rings. The average Bonchev–Trinajstić information content (AvgIpc) is 2.85. The van der Waals surface area contributed by atoms with Crippen molar-refractivity contribution in [3.05, 3.63) is 30.1 Å². The molecule has 2 saturated heterocycles. The van der Waals surface area contributed by atoms with Crippen molar-refractivity contribution in [3.8, 4) is 0 Å². The maximum absolute atomic E-state index is 6.54. The van der Waals surface area contributed by atoms with Gasteiger partial charge in [0.1, 0.15) is 0 Å². The maximum Gasteiger partial charge on any atom is 0.0939 e. The molecule has 0 saturated carbocycles. The summed E-state index contributed by atoms with van der Waals surface area (Å²) in [4.78, 5) is 4.30. The lowest BCUT2D eigenvalue weighted by atomic mass is 9.75. The highest BCUT2D eigenvalue weighted by atomic mass is 35.5.